The van der Waals surface area contributed by atoms with E-state index in [2.05, 4.69) is 40.8 Å². The standard InChI is InChI=1S/C15H16INO/c1-2-18-14-8-4-6-12(10-14)15(17)11-5-3-7-13(16)9-11/h3-10,15H,2,17H2,1H3. The average Bonchev–Trinajstić information content (AvgIpc) is 2.39. The molecular formula is C15H16INO. The minimum Gasteiger partial charge on any atom is -0.494 e. The van der Waals surface area contributed by atoms with Gasteiger partial charge in [-0.05, 0) is 64.9 Å². The monoisotopic (exact) mass is 353 g/mol. The third-order valence-electron chi connectivity index (χ3n) is 2.74. The molecule has 0 heterocycles. The van der Waals surface area contributed by atoms with Crippen molar-refractivity contribution >= 4 is 22.6 Å². The summed E-state index contributed by atoms with van der Waals surface area (Å²) in [6.45, 7) is 2.65. The van der Waals surface area contributed by atoms with Crippen LogP contribution in [0.5, 0.6) is 5.75 Å². The van der Waals surface area contributed by atoms with E-state index < -0.39 is 0 Å². The fraction of sp³-hybridized carbons (Fsp3) is 0.200. The van der Waals surface area contributed by atoms with Crippen LogP contribution in [0.1, 0.15) is 24.1 Å². The van der Waals surface area contributed by atoms with Crippen molar-refractivity contribution < 1.29 is 4.74 Å². The molecule has 0 fully saturated rings. The van der Waals surface area contributed by atoms with E-state index >= 15 is 0 Å². The molecule has 0 saturated heterocycles. The molecule has 94 valence electrons. The van der Waals surface area contributed by atoms with Gasteiger partial charge in [0, 0.05) is 3.57 Å². The van der Waals surface area contributed by atoms with E-state index in [9.17, 15) is 0 Å². The molecule has 3 heteroatoms. The molecule has 0 bridgehead atoms. The van der Waals surface area contributed by atoms with E-state index in [0.717, 1.165) is 16.9 Å². The highest BCUT2D eigenvalue weighted by Gasteiger charge is 2.09. The Morgan fingerprint density at radius 1 is 1.11 bits per heavy atom. The van der Waals surface area contributed by atoms with Crippen LogP contribution in [0.15, 0.2) is 48.5 Å². The number of hydrogen-bond donors (Lipinski definition) is 1. The second-order valence-electron chi connectivity index (χ2n) is 4.04. The van der Waals surface area contributed by atoms with Crippen LogP contribution in [0, 0.1) is 3.57 Å². The Hall–Kier alpha value is -1.07. The van der Waals surface area contributed by atoms with Crippen LogP contribution in [0.3, 0.4) is 0 Å². The Morgan fingerprint density at radius 2 is 1.78 bits per heavy atom. The summed E-state index contributed by atoms with van der Waals surface area (Å²) in [7, 11) is 0. The van der Waals surface area contributed by atoms with Crippen molar-refractivity contribution in [2.75, 3.05) is 6.61 Å². The Labute approximate surface area is 121 Å². The molecule has 2 aromatic rings. The second kappa shape index (κ2) is 6.20. The van der Waals surface area contributed by atoms with Crippen molar-refractivity contribution in [1.82, 2.24) is 0 Å². The van der Waals surface area contributed by atoms with Crippen LogP contribution in [0.4, 0.5) is 0 Å². The molecule has 1 atom stereocenters. The van der Waals surface area contributed by atoms with Gasteiger partial charge < -0.3 is 10.5 Å². The van der Waals surface area contributed by atoms with Crippen LogP contribution in [-0.2, 0) is 0 Å². The number of halogens is 1. The Kier molecular flexibility index (Phi) is 4.60. The van der Waals surface area contributed by atoms with Gasteiger partial charge >= 0.3 is 0 Å². The van der Waals surface area contributed by atoms with Gasteiger partial charge in [-0.25, -0.2) is 0 Å². The summed E-state index contributed by atoms with van der Waals surface area (Å²) < 4.78 is 6.70. The molecule has 0 aliphatic heterocycles. The maximum Gasteiger partial charge on any atom is 0.119 e. The van der Waals surface area contributed by atoms with E-state index in [1.807, 2.05) is 37.3 Å². The Bertz CT molecular complexity index is 527. The van der Waals surface area contributed by atoms with Gasteiger partial charge in [0.05, 0.1) is 12.6 Å². The van der Waals surface area contributed by atoms with Gasteiger partial charge in [0.25, 0.3) is 0 Å². The lowest BCUT2D eigenvalue weighted by Crippen LogP contribution is -2.12. The third kappa shape index (κ3) is 3.23. The summed E-state index contributed by atoms with van der Waals surface area (Å²) in [5.74, 6) is 0.871. The Balaban J connectivity index is 2.27. The van der Waals surface area contributed by atoms with E-state index in [1.165, 1.54) is 3.57 Å². The van der Waals surface area contributed by atoms with Gasteiger partial charge in [0.15, 0.2) is 0 Å². The summed E-state index contributed by atoms with van der Waals surface area (Å²) in [6.07, 6.45) is 0. The first-order chi connectivity index (χ1) is 8.70. The number of hydrogen-bond acceptors (Lipinski definition) is 2. The highest BCUT2D eigenvalue weighted by atomic mass is 127. The lowest BCUT2D eigenvalue weighted by Gasteiger charge is -2.14. The lowest BCUT2D eigenvalue weighted by molar-refractivity contribution is 0.340. The molecule has 0 radical (unpaired) electrons. The first-order valence-corrected chi connectivity index (χ1v) is 7.02. The molecule has 1 unspecified atom stereocenters. The van der Waals surface area contributed by atoms with Crippen LogP contribution < -0.4 is 10.5 Å². The van der Waals surface area contributed by atoms with Gasteiger partial charge in [-0.15, -0.1) is 0 Å². The van der Waals surface area contributed by atoms with Crippen LogP contribution >= 0.6 is 22.6 Å². The van der Waals surface area contributed by atoms with Crippen LogP contribution in [0.2, 0.25) is 0 Å². The highest BCUT2D eigenvalue weighted by Crippen LogP contribution is 2.24. The average molecular weight is 353 g/mol. The van der Waals surface area contributed by atoms with Gasteiger partial charge in [0.1, 0.15) is 5.75 Å². The zero-order chi connectivity index (χ0) is 13.0. The lowest BCUT2D eigenvalue weighted by atomic mass is 10.00. The molecule has 2 rings (SSSR count). The van der Waals surface area contributed by atoms with Crippen molar-refractivity contribution in [3.63, 3.8) is 0 Å². The molecule has 0 amide bonds. The summed E-state index contributed by atoms with van der Waals surface area (Å²) in [5, 5.41) is 0. The van der Waals surface area contributed by atoms with E-state index in [1.54, 1.807) is 0 Å². The quantitative estimate of drug-likeness (QED) is 0.850. The zero-order valence-electron chi connectivity index (χ0n) is 10.3. The SMILES string of the molecule is CCOc1cccc(C(N)c2cccc(I)c2)c1. The minimum absolute atomic E-state index is 0.111. The molecule has 18 heavy (non-hydrogen) atoms. The minimum atomic E-state index is -0.111. The molecule has 0 spiro atoms. The van der Waals surface area contributed by atoms with E-state index in [4.69, 9.17) is 10.5 Å². The van der Waals surface area contributed by atoms with Crippen molar-refractivity contribution in [1.29, 1.82) is 0 Å². The molecule has 2 N–H and O–H groups in total. The second-order valence-corrected chi connectivity index (χ2v) is 5.28. The molecular weight excluding hydrogens is 337 g/mol. The summed E-state index contributed by atoms with van der Waals surface area (Å²) in [4.78, 5) is 0. The first-order valence-electron chi connectivity index (χ1n) is 5.94. The number of rotatable bonds is 4. The largest absolute Gasteiger partial charge is 0.494 e. The fourth-order valence-corrected chi connectivity index (χ4v) is 2.42. The molecule has 0 saturated carbocycles. The van der Waals surface area contributed by atoms with Gasteiger partial charge in [-0.2, -0.15) is 0 Å². The predicted molar refractivity (Wildman–Crippen MR) is 82.8 cm³/mol. The first kappa shape index (κ1) is 13.4. The molecule has 0 aliphatic rings. The zero-order valence-corrected chi connectivity index (χ0v) is 12.4. The highest BCUT2D eigenvalue weighted by molar-refractivity contribution is 14.1. The maximum atomic E-state index is 6.29. The maximum absolute atomic E-state index is 6.29. The number of nitrogens with two attached hydrogens (primary N) is 1. The number of ether oxygens (including phenoxy) is 1. The summed E-state index contributed by atoms with van der Waals surface area (Å²) in [5.41, 5.74) is 8.48. The summed E-state index contributed by atoms with van der Waals surface area (Å²) >= 11 is 2.30. The molecule has 0 aromatic heterocycles. The van der Waals surface area contributed by atoms with Crippen LogP contribution in [0.25, 0.3) is 0 Å². The predicted octanol–water partition coefficient (Wildman–Crippen LogP) is 3.74. The van der Waals surface area contributed by atoms with E-state index in [0.29, 0.717) is 6.61 Å². The Morgan fingerprint density at radius 3 is 2.44 bits per heavy atom. The van der Waals surface area contributed by atoms with Crippen LogP contribution in [-0.4, -0.2) is 6.61 Å². The normalized spacial score (nSPS) is 12.2. The molecule has 0 aliphatic carbocycles. The van der Waals surface area contributed by atoms with Crippen molar-refractivity contribution in [2.45, 2.75) is 13.0 Å². The van der Waals surface area contributed by atoms with Gasteiger partial charge in [-0.3, -0.25) is 0 Å². The smallest absolute Gasteiger partial charge is 0.119 e. The molecule has 2 nitrogen and oxygen atoms in total. The van der Waals surface area contributed by atoms with E-state index in [-0.39, 0.29) is 6.04 Å². The molecule has 2 aromatic carbocycles. The fourth-order valence-electron chi connectivity index (χ4n) is 1.86. The summed E-state index contributed by atoms with van der Waals surface area (Å²) in [6, 6.07) is 16.1. The van der Waals surface area contributed by atoms with Crippen molar-refractivity contribution in [3.8, 4) is 5.75 Å². The van der Waals surface area contributed by atoms with Gasteiger partial charge in [-0.1, -0.05) is 24.3 Å². The number of benzene rings is 2. The third-order valence-corrected chi connectivity index (χ3v) is 3.41. The topological polar surface area (TPSA) is 35.2 Å². The van der Waals surface area contributed by atoms with Gasteiger partial charge in [0.2, 0.25) is 0 Å². The van der Waals surface area contributed by atoms with Crippen molar-refractivity contribution in [2.24, 2.45) is 5.73 Å². The van der Waals surface area contributed by atoms with Crippen molar-refractivity contribution in [3.05, 3.63) is 63.2 Å².